The Morgan fingerprint density at radius 1 is 1.17 bits per heavy atom. The summed E-state index contributed by atoms with van der Waals surface area (Å²) in [6.45, 7) is 2.08. The number of hydrogen-bond donors (Lipinski definition) is 4. The van der Waals surface area contributed by atoms with Crippen LogP contribution in [0.3, 0.4) is 0 Å². The molecule has 2 aliphatic carbocycles. The Balaban J connectivity index is 1.93. The lowest BCUT2D eigenvalue weighted by Crippen LogP contribution is -2.53. The lowest BCUT2D eigenvalue weighted by atomic mass is 9.82. The normalized spacial score (nSPS) is 24.2. The Labute approximate surface area is 146 Å². The summed E-state index contributed by atoms with van der Waals surface area (Å²) in [6.07, 6.45) is 9.71. The van der Waals surface area contributed by atoms with Crippen molar-refractivity contribution >= 4 is 5.91 Å². The molecule has 0 bridgehead atoms. The molecule has 4 atom stereocenters. The first-order valence-corrected chi connectivity index (χ1v) is 9.95. The number of carbonyl (C=O) groups excluding carboxylic acids is 1. The van der Waals surface area contributed by atoms with E-state index >= 15 is 0 Å². The Morgan fingerprint density at radius 2 is 1.83 bits per heavy atom. The minimum Gasteiger partial charge on any atom is -0.390 e. The fourth-order valence-electron chi connectivity index (χ4n) is 3.87. The molecule has 0 radical (unpaired) electrons. The van der Waals surface area contributed by atoms with Crippen LogP contribution in [0, 0.1) is 11.8 Å². The van der Waals surface area contributed by atoms with Crippen LogP contribution >= 0.6 is 0 Å². The Kier molecular flexibility index (Phi) is 7.98. The lowest BCUT2D eigenvalue weighted by Gasteiger charge is -2.33. The maximum atomic E-state index is 12.4. The molecule has 2 fully saturated rings. The maximum Gasteiger partial charge on any atom is 0.237 e. The fraction of sp³-hybridized carbons (Fsp3) is 0.947. The van der Waals surface area contributed by atoms with Crippen molar-refractivity contribution in [3.05, 3.63) is 0 Å². The molecule has 140 valence electrons. The molecule has 0 aromatic rings. The van der Waals surface area contributed by atoms with Crippen LogP contribution < -0.4 is 11.1 Å². The van der Waals surface area contributed by atoms with Crippen molar-refractivity contribution in [2.75, 3.05) is 0 Å². The van der Waals surface area contributed by atoms with E-state index in [0.717, 1.165) is 44.9 Å². The molecule has 5 N–H and O–H groups in total. The maximum absolute atomic E-state index is 12.4. The average Bonchev–Trinajstić information content (AvgIpc) is 3.43. The largest absolute Gasteiger partial charge is 0.390 e. The van der Waals surface area contributed by atoms with Crippen molar-refractivity contribution in [1.29, 1.82) is 0 Å². The summed E-state index contributed by atoms with van der Waals surface area (Å²) in [6, 6.07) is -0.909. The standard InChI is InChI=1S/C19H36N2O3/c1-2-3-9-15(20)19(24)21-16(12-13-7-5-4-6-8-13)18(23)17(22)14-10-11-14/h13-18,22-23H,2-12,20H2,1H3,(H,21,24)/t15?,16-,17-,18+/m0/s1. The Morgan fingerprint density at radius 3 is 2.42 bits per heavy atom. The van der Waals surface area contributed by atoms with Gasteiger partial charge in [-0.25, -0.2) is 0 Å². The first-order chi connectivity index (χ1) is 11.5. The first-order valence-electron chi connectivity index (χ1n) is 9.95. The van der Waals surface area contributed by atoms with E-state index in [1.54, 1.807) is 0 Å². The van der Waals surface area contributed by atoms with E-state index in [0.29, 0.717) is 12.3 Å². The van der Waals surface area contributed by atoms with Gasteiger partial charge in [0, 0.05) is 0 Å². The summed E-state index contributed by atoms with van der Waals surface area (Å²) >= 11 is 0. The monoisotopic (exact) mass is 340 g/mol. The third-order valence-corrected chi connectivity index (χ3v) is 5.71. The first kappa shape index (κ1) is 19.7. The van der Waals surface area contributed by atoms with E-state index in [4.69, 9.17) is 5.73 Å². The van der Waals surface area contributed by atoms with Gasteiger partial charge in [0.2, 0.25) is 5.91 Å². The number of hydrogen-bond acceptors (Lipinski definition) is 4. The van der Waals surface area contributed by atoms with Crippen molar-refractivity contribution in [2.45, 2.75) is 102 Å². The second-order valence-electron chi connectivity index (χ2n) is 7.92. The molecule has 0 aliphatic heterocycles. The zero-order valence-corrected chi connectivity index (χ0v) is 15.1. The smallest absolute Gasteiger partial charge is 0.237 e. The van der Waals surface area contributed by atoms with Gasteiger partial charge in [-0.2, -0.15) is 0 Å². The summed E-state index contributed by atoms with van der Waals surface area (Å²) in [4.78, 5) is 12.4. The van der Waals surface area contributed by atoms with Gasteiger partial charge in [-0.05, 0) is 37.5 Å². The molecule has 24 heavy (non-hydrogen) atoms. The molecule has 0 aromatic carbocycles. The Bertz CT molecular complexity index is 381. The minimum absolute atomic E-state index is 0.189. The van der Waals surface area contributed by atoms with Crippen LogP contribution in [0.15, 0.2) is 0 Å². The van der Waals surface area contributed by atoms with Crippen LogP contribution in [0.1, 0.15) is 77.6 Å². The quantitative estimate of drug-likeness (QED) is 0.490. The van der Waals surface area contributed by atoms with Gasteiger partial charge in [-0.3, -0.25) is 4.79 Å². The van der Waals surface area contributed by atoms with E-state index in [9.17, 15) is 15.0 Å². The molecule has 0 spiro atoms. The highest BCUT2D eigenvalue weighted by Crippen LogP contribution is 2.36. The second-order valence-corrected chi connectivity index (χ2v) is 7.92. The summed E-state index contributed by atoms with van der Waals surface area (Å²) in [7, 11) is 0. The molecule has 1 unspecified atom stereocenters. The van der Waals surface area contributed by atoms with Gasteiger partial charge in [0.25, 0.3) is 0 Å². The van der Waals surface area contributed by atoms with Crippen LogP contribution in [0.5, 0.6) is 0 Å². The predicted molar refractivity (Wildman–Crippen MR) is 95.4 cm³/mol. The SMILES string of the molecule is CCCCC(N)C(=O)N[C@@H](CC1CCCCC1)[C@@H](O)[C@@H](O)C1CC1. The molecule has 5 heteroatoms. The average molecular weight is 341 g/mol. The number of carbonyl (C=O) groups is 1. The van der Waals surface area contributed by atoms with Gasteiger partial charge in [-0.15, -0.1) is 0 Å². The number of rotatable bonds is 10. The second kappa shape index (κ2) is 9.73. The summed E-state index contributed by atoms with van der Waals surface area (Å²) in [5, 5.41) is 23.9. The zero-order chi connectivity index (χ0) is 17.5. The molecule has 0 aromatic heterocycles. The van der Waals surface area contributed by atoms with Crippen LogP contribution in [0.25, 0.3) is 0 Å². The predicted octanol–water partition coefficient (Wildman–Crippen LogP) is 2.09. The van der Waals surface area contributed by atoms with Gasteiger partial charge >= 0.3 is 0 Å². The number of aliphatic hydroxyl groups excluding tert-OH is 2. The van der Waals surface area contributed by atoms with E-state index in [1.807, 2.05) is 0 Å². The summed E-state index contributed by atoms with van der Waals surface area (Å²) < 4.78 is 0. The van der Waals surface area contributed by atoms with E-state index in [1.165, 1.54) is 19.3 Å². The van der Waals surface area contributed by atoms with Gasteiger partial charge in [-0.1, -0.05) is 51.9 Å². The van der Waals surface area contributed by atoms with Gasteiger partial charge in [0.15, 0.2) is 0 Å². The van der Waals surface area contributed by atoms with E-state index in [2.05, 4.69) is 12.2 Å². The molecule has 0 saturated heterocycles. The fourth-order valence-corrected chi connectivity index (χ4v) is 3.87. The molecule has 2 aliphatic rings. The number of unbranched alkanes of at least 4 members (excludes halogenated alkanes) is 1. The molecule has 2 rings (SSSR count). The van der Waals surface area contributed by atoms with Crippen LogP contribution in [0.2, 0.25) is 0 Å². The van der Waals surface area contributed by atoms with Crippen molar-refractivity contribution in [3.63, 3.8) is 0 Å². The molecule has 0 heterocycles. The van der Waals surface area contributed by atoms with Crippen molar-refractivity contribution in [3.8, 4) is 0 Å². The number of amides is 1. The number of nitrogens with two attached hydrogens (primary N) is 1. The van der Waals surface area contributed by atoms with Gasteiger partial charge in [0.1, 0.15) is 6.10 Å². The van der Waals surface area contributed by atoms with Crippen molar-refractivity contribution in [1.82, 2.24) is 5.32 Å². The molecule has 2 saturated carbocycles. The highest BCUT2D eigenvalue weighted by molar-refractivity contribution is 5.81. The van der Waals surface area contributed by atoms with Gasteiger partial charge < -0.3 is 21.3 Å². The number of nitrogens with one attached hydrogen (secondary N) is 1. The lowest BCUT2D eigenvalue weighted by molar-refractivity contribution is -0.125. The zero-order valence-electron chi connectivity index (χ0n) is 15.1. The third kappa shape index (κ3) is 6.01. The highest BCUT2D eigenvalue weighted by atomic mass is 16.3. The Hall–Kier alpha value is -0.650. The van der Waals surface area contributed by atoms with E-state index < -0.39 is 18.2 Å². The summed E-state index contributed by atoms with van der Waals surface area (Å²) in [5.41, 5.74) is 5.98. The van der Waals surface area contributed by atoms with Crippen molar-refractivity contribution in [2.24, 2.45) is 17.6 Å². The number of aliphatic hydroxyl groups is 2. The molecular formula is C19H36N2O3. The topological polar surface area (TPSA) is 95.6 Å². The summed E-state index contributed by atoms with van der Waals surface area (Å²) in [5.74, 6) is 0.530. The molecular weight excluding hydrogens is 304 g/mol. The van der Waals surface area contributed by atoms with Crippen molar-refractivity contribution < 1.29 is 15.0 Å². The van der Waals surface area contributed by atoms with Crippen LogP contribution in [0.4, 0.5) is 0 Å². The third-order valence-electron chi connectivity index (χ3n) is 5.71. The van der Waals surface area contributed by atoms with Crippen LogP contribution in [-0.2, 0) is 4.79 Å². The highest BCUT2D eigenvalue weighted by Gasteiger charge is 2.39. The van der Waals surface area contributed by atoms with Crippen LogP contribution in [-0.4, -0.2) is 40.4 Å². The molecule has 5 nitrogen and oxygen atoms in total. The van der Waals surface area contributed by atoms with Gasteiger partial charge in [0.05, 0.1) is 18.2 Å². The molecule has 1 amide bonds. The van der Waals surface area contributed by atoms with E-state index in [-0.39, 0.29) is 17.9 Å². The minimum atomic E-state index is -0.887.